The highest BCUT2D eigenvalue weighted by atomic mass is 16.4. The maximum Gasteiger partial charge on any atom is 0.326 e. The molecule has 19 nitrogen and oxygen atoms in total. The monoisotopic (exact) mass is 938 g/mol. The number of hydrogen-bond donors (Lipinski definition) is 10. The quantitative estimate of drug-likeness (QED) is 0.0517. The van der Waals surface area contributed by atoms with Crippen LogP contribution in [-0.4, -0.2) is 136 Å². The lowest BCUT2D eigenvalue weighted by Crippen LogP contribution is -2.59. The van der Waals surface area contributed by atoms with Crippen LogP contribution in [-0.2, 0) is 46.4 Å². The highest BCUT2D eigenvalue weighted by Crippen LogP contribution is 2.23. The fraction of sp³-hybridized carbons (Fsp3) is 0.604. The van der Waals surface area contributed by atoms with Crippen molar-refractivity contribution in [2.75, 3.05) is 32.7 Å². The molecule has 1 saturated heterocycles. The molecule has 1 aliphatic rings. The Kier molecular flexibility index (Phi) is 23.5. The van der Waals surface area contributed by atoms with Crippen LogP contribution in [0.25, 0.3) is 0 Å². The highest BCUT2D eigenvalue weighted by molar-refractivity contribution is 5.96. The molecule has 1 fully saturated rings. The minimum absolute atomic E-state index is 0.0100. The largest absolute Gasteiger partial charge is 0.508 e. The summed E-state index contributed by atoms with van der Waals surface area (Å²) < 4.78 is 0. The van der Waals surface area contributed by atoms with Gasteiger partial charge in [0.2, 0.25) is 35.4 Å². The smallest absolute Gasteiger partial charge is 0.326 e. The molecule has 0 saturated carbocycles. The van der Waals surface area contributed by atoms with Crippen molar-refractivity contribution >= 4 is 41.4 Å². The van der Waals surface area contributed by atoms with E-state index >= 15 is 0 Å². The van der Waals surface area contributed by atoms with Gasteiger partial charge in [-0.05, 0) is 118 Å². The summed E-state index contributed by atoms with van der Waals surface area (Å²) >= 11 is 0. The number of carboxylic acid groups (broad SMARTS) is 1. The predicted molar refractivity (Wildman–Crippen MR) is 253 cm³/mol. The van der Waals surface area contributed by atoms with E-state index in [1.807, 2.05) is 20.8 Å². The van der Waals surface area contributed by atoms with Gasteiger partial charge in [0, 0.05) is 19.5 Å². The number of rotatable bonds is 29. The Morgan fingerprint density at radius 3 is 1.90 bits per heavy atom. The Labute approximate surface area is 394 Å². The fourth-order valence-corrected chi connectivity index (χ4v) is 7.96. The van der Waals surface area contributed by atoms with E-state index in [-0.39, 0.29) is 62.6 Å². The van der Waals surface area contributed by atoms with E-state index in [9.17, 15) is 48.9 Å². The van der Waals surface area contributed by atoms with E-state index in [1.54, 1.807) is 31.2 Å². The van der Waals surface area contributed by atoms with Crippen LogP contribution in [0.3, 0.4) is 0 Å². The van der Waals surface area contributed by atoms with Gasteiger partial charge in [-0.15, -0.1) is 0 Å². The minimum atomic E-state index is -1.31. The number of nitrogens with two attached hydrogens (primary N) is 3. The number of likely N-dealkylation sites (tertiary alicyclic amines) is 1. The molecule has 1 heterocycles. The van der Waals surface area contributed by atoms with E-state index in [1.165, 1.54) is 34.1 Å². The van der Waals surface area contributed by atoms with Crippen LogP contribution in [0.2, 0.25) is 0 Å². The lowest BCUT2D eigenvalue weighted by Gasteiger charge is -2.33. The van der Waals surface area contributed by atoms with Gasteiger partial charge in [0.1, 0.15) is 41.7 Å². The Morgan fingerprint density at radius 2 is 1.33 bits per heavy atom. The van der Waals surface area contributed by atoms with Crippen LogP contribution in [0.1, 0.15) is 103 Å². The standard InChI is InChI=1S/C48H75N9O10/c1-5-31(4)42(45(63)54-39(48(66)67)27-30(2)3)55-44(62)38(28-33-16-20-35(59)21-17-33)52-41(60)29-56(26-22-32-14-18-34(58)19-15-32)47(65)40-13-10-25-57(40)46(64)37(12-7-9-24-50)53-43(61)36(51)11-6-8-23-49/h14-21,30-31,36-40,42,58-59H,5-13,22-29,49-51H2,1-4H3,(H,52,60)(H,53,61)(H,54,63)(H,55,62)(H,66,67)/t31-,36-,37-,38-,39-,40-,42-/m0/s1. The van der Waals surface area contributed by atoms with E-state index in [4.69, 9.17) is 17.2 Å². The van der Waals surface area contributed by atoms with Crippen LogP contribution in [0.4, 0.5) is 0 Å². The number of phenols is 2. The summed E-state index contributed by atoms with van der Waals surface area (Å²) in [7, 11) is 0. The second kappa shape index (κ2) is 28.4. The lowest BCUT2D eigenvalue weighted by molar-refractivity contribution is -0.147. The van der Waals surface area contributed by atoms with Crippen molar-refractivity contribution in [3.63, 3.8) is 0 Å². The normalized spacial score (nSPS) is 16.2. The number of nitrogens with one attached hydrogen (secondary N) is 4. The van der Waals surface area contributed by atoms with Crippen LogP contribution in [0, 0.1) is 11.8 Å². The molecule has 3 rings (SSSR count). The summed E-state index contributed by atoms with van der Waals surface area (Å²) in [5.41, 5.74) is 18.8. The third-order valence-corrected chi connectivity index (χ3v) is 12.1. The third kappa shape index (κ3) is 18.4. The van der Waals surface area contributed by atoms with Crippen LogP contribution in [0.5, 0.6) is 11.5 Å². The lowest BCUT2D eigenvalue weighted by atomic mass is 9.96. The van der Waals surface area contributed by atoms with Gasteiger partial charge in [0.25, 0.3) is 0 Å². The summed E-state index contributed by atoms with van der Waals surface area (Å²) in [6.45, 7) is 7.75. The second-order valence-corrected chi connectivity index (χ2v) is 18.0. The Hall–Kier alpha value is -5.79. The fourth-order valence-electron chi connectivity index (χ4n) is 7.96. The van der Waals surface area contributed by atoms with E-state index in [0.717, 1.165) is 5.56 Å². The SMILES string of the molecule is CC[C@H](C)[C@H](NC(=O)[C@H](Cc1ccc(O)cc1)NC(=O)CN(CCc1ccc(O)cc1)C(=O)[C@@H]1CCCN1C(=O)[C@H](CCCCN)NC(=O)[C@@H](N)CCCCN)C(=O)N[C@@H](CC(C)C)C(=O)O. The van der Waals surface area contributed by atoms with Gasteiger partial charge >= 0.3 is 5.97 Å². The zero-order valence-corrected chi connectivity index (χ0v) is 39.6. The second-order valence-electron chi connectivity index (χ2n) is 18.0. The number of unbranched alkanes of at least 4 members (excludes halogenated alkanes) is 2. The number of phenolic OH excluding ortho intramolecular Hbond substituents is 2. The maximum atomic E-state index is 14.7. The van der Waals surface area contributed by atoms with E-state index < -0.39 is 90.1 Å². The van der Waals surface area contributed by atoms with Crippen molar-refractivity contribution in [1.29, 1.82) is 0 Å². The van der Waals surface area contributed by atoms with Gasteiger partial charge in [-0.1, -0.05) is 64.8 Å². The number of carbonyl (C=O) groups is 7. The van der Waals surface area contributed by atoms with Gasteiger partial charge < -0.3 is 63.6 Å². The number of benzene rings is 2. The molecule has 0 unspecified atom stereocenters. The first kappa shape index (κ1) is 55.5. The van der Waals surface area contributed by atoms with Crippen molar-refractivity contribution in [1.82, 2.24) is 31.1 Å². The Balaban J connectivity index is 1.94. The molecule has 0 aliphatic carbocycles. The molecule has 0 bridgehead atoms. The third-order valence-electron chi connectivity index (χ3n) is 12.1. The summed E-state index contributed by atoms with van der Waals surface area (Å²) in [6.07, 6.45) is 4.66. The van der Waals surface area contributed by atoms with Crippen LogP contribution >= 0.6 is 0 Å². The molecule has 2 aromatic carbocycles. The van der Waals surface area contributed by atoms with Crippen molar-refractivity contribution < 1.29 is 48.9 Å². The van der Waals surface area contributed by atoms with Gasteiger partial charge in [-0.25, -0.2) is 4.79 Å². The summed E-state index contributed by atoms with van der Waals surface area (Å²) in [6, 6.07) is 5.86. The van der Waals surface area contributed by atoms with Crippen LogP contribution in [0.15, 0.2) is 48.5 Å². The average Bonchev–Trinajstić information content (AvgIpc) is 3.79. The van der Waals surface area contributed by atoms with Crippen molar-refractivity contribution in [3.05, 3.63) is 59.7 Å². The van der Waals surface area contributed by atoms with Crippen molar-refractivity contribution in [2.24, 2.45) is 29.0 Å². The molecular formula is C48H75N9O10. The van der Waals surface area contributed by atoms with E-state index in [0.29, 0.717) is 63.6 Å². The first-order valence-electron chi connectivity index (χ1n) is 23.6. The van der Waals surface area contributed by atoms with Gasteiger partial charge in [-0.3, -0.25) is 28.8 Å². The summed E-state index contributed by atoms with van der Waals surface area (Å²) in [5.74, 6) is -5.32. The molecule has 372 valence electrons. The molecule has 13 N–H and O–H groups in total. The van der Waals surface area contributed by atoms with E-state index in [2.05, 4.69) is 21.3 Å². The van der Waals surface area contributed by atoms with Crippen molar-refractivity contribution in [3.8, 4) is 11.5 Å². The van der Waals surface area contributed by atoms with Crippen LogP contribution < -0.4 is 38.5 Å². The number of nitrogens with zero attached hydrogens (tertiary/aromatic N) is 2. The molecule has 2 aromatic rings. The minimum Gasteiger partial charge on any atom is -0.508 e. The Morgan fingerprint density at radius 1 is 0.746 bits per heavy atom. The first-order valence-corrected chi connectivity index (χ1v) is 23.6. The zero-order chi connectivity index (χ0) is 49.6. The number of aromatic hydroxyl groups is 2. The number of hydrogen-bond acceptors (Lipinski definition) is 12. The molecule has 1 aliphatic heterocycles. The summed E-state index contributed by atoms with van der Waals surface area (Å²) in [5, 5.41) is 40.6. The highest BCUT2D eigenvalue weighted by Gasteiger charge is 2.40. The molecule has 67 heavy (non-hydrogen) atoms. The molecule has 7 atom stereocenters. The molecule has 0 radical (unpaired) electrons. The molecule has 6 amide bonds. The molecule has 19 heteroatoms. The molecule has 0 spiro atoms. The number of aliphatic carboxylic acids is 1. The topological polar surface area (TPSA) is 313 Å². The number of carboxylic acids is 1. The number of amides is 6. The summed E-state index contributed by atoms with van der Waals surface area (Å²) in [4.78, 5) is 99.2. The average molecular weight is 938 g/mol. The van der Waals surface area contributed by atoms with Gasteiger partial charge in [0.15, 0.2) is 0 Å². The zero-order valence-electron chi connectivity index (χ0n) is 39.6. The first-order chi connectivity index (χ1) is 31.9. The van der Waals surface area contributed by atoms with Gasteiger partial charge in [0.05, 0.1) is 12.6 Å². The van der Waals surface area contributed by atoms with Crippen molar-refractivity contribution in [2.45, 2.75) is 141 Å². The Bertz CT molecular complexity index is 1920. The maximum absolute atomic E-state index is 14.7. The van der Waals surface area contributed by atoms with Gasteiger partial charge in [-0.2, -0.15) is 0 Å². The number of carbonyl (C=O) groups excluding carboxylic acids is 6. The molecular weight excluding hydrogens is 863 g/mol. The predicted octanol–water partition coefficient (Wildman–Crippen LogP) is 1.40. The molecule has 0 aromatic heterocycles.